The van der Waals surface area contributed by atoms with Crippen molar-refractivity contribution in [3.8, 4) is 11.5 Å². The van der Waals surface area contributed by atoms with Crippen LogP contribution in [0, 0.1) is 0 Å². The highest BCUT2D eigenvalue weighted by atomic mass is 32.2. The Morgan fingerprint density at radius 3 is 2.71 bits per heavy atom. The van der Waals surface area contributed by atoms with Crippen molar-refractivity contribution in [1.29, 1.82) is 0 Å². The topological polar surface area (TPSA) is 134 Å². The highest BCUT2D eigenvalue weighted by molar-refractivity contribution is 7.99. The zero-order valence-electron chi connectivity index (χ0n) is 17.2. The Hall–Kier alpha value is -2.44. The SMILES string of the molecule is CCCNC(=O)NC(=O)CSc1nnc(-c2cccc(S(=O)(=O)N3CCCCC3)c2)o1. The summed E-state index contributed by atoms with van der Waals surface area (Å²) in [5.74, 6) is -0.419. The predicted octanol–water partition coefficient (Wildman–Crippen LogP) is 2.24. The Morgan fingerprint density at radius 1 is 1.19 bits per heavy atom. The van der Waals surface area contributed by atoms with Crippen molar-refractivity contribution in [3.05, 3.63) is 24.3 Å². The monoisotopic (exact) mass is 467 g/mol. The average molecular weight is 468 g/mol. The average Bonchev–Trinajstić information content (AvgIpc) is 3.26. The van der Waals surface area contributed by atoms with Crippen molar-refractivity contribution in [2.75, 3.05) is 25.4 Å². The number of carbonyl (C=O) groups is 2. The fourth-order valence-electron chi connectivity index (χ4n) is 3.00. The molecular formula is C19H25N5O5S2. The number of thioether (sulfide) groups is 1. The summed E-state index contributed by atoms with van der Waals surface area (Å²) in [4.78, 5) is 23.5. The quantitative estimate of drug-likeness (QED) is 0.565. The van der Waals surface area contributed by atoms with E-state index in [0.717, 1.165) is 37.4 Å². The third-order valence-corrected chi connectivity index (χ3v) is 7.27. The molecule has 1 aromatic heterocycles. The molecule has 0 aliphatic carbocycles. The van der Waals surface area contributed by atoms with Gasteiger partial charge in [-0.3, -0.25) is 10.1 Å². The smallest absolute Gasteiger partial charge is 0.321 e. The molecule has 0 unspecified atom stereocenters. The molecule has 2 heterocycles. The predicted molar refractivity (Wildman–Crippen MR) is 115 cm³/mol. The van der Waals surface area contributed by atoms with Gasteiger partial charge >= 0.3 is 6.03 Å². The lowest BCUT2D eigenvalue weighted by Gasteiger charge is -2.25. The van der Waals surface area contributed by atoms with E-state index in [1.54, 1.807) is 18.2 Å². The van der Waals surface area contributed by atoms with Crippen LogP contribution in [-0.2, 0) is 14.8 Å². The second-order valence-electron chi connectivity index (χ2n) is 6.96. The molecule has 2 N–H and O–H groups in total. The third kappa shape index (κ3) is 6.28. The Morgan fingerprint density at radius 2 is 1.97 bits per heavy atom. The van der Waals surface area contributed by atoms with E-state index in [1.165, 1.54) is 10.4 Å². The molecule has 1 fully saturated rings. The molecule has 10 nitrogen and oxygen atoms in total. The standard InChI is InChI=1S/C19H25N5O5S2/c1-2-9-20-18(26)21-16(25)13-30-19-23-22-17(29-19)14-7-6-8-15(12-14)31(27,28)24-10-4-3-5-11-24/h6-8,12H,2-5,9-11,13H2,1H3,(H2,20,21,25,26). The van der Waals surface area contributed by atoms with E-state index in [9.17, 15) is 18.0 Å². The number of nitrogens with one attached hydrogen (secondary N) is 2. The van der Waals surface area contributed by atoms with Gasteiger partial charge in [-0.1, -0.05) is 31.2 Å². The first-order chi connectivity index (χ1) is 14.9. The molecule has 2 aromatic rings. The number of nitrogens with zero attached hydrogens (tertiary/aromatic N) is 3. The van der Waals surface area contributed by atoms with Gasteiger partial charge in [0.05, 0.1) is 10.6 Å². The van der Waals surface area contributed by atoms with Crippen LogP contribution in [0.4, 0.5) is 4.79 Å². The van der Waals surface area contributed by atoms with Gasteiger partial charge in [-0.2, -0.15) is 4.31 Å². The number of sulfonamides is 1. The molecule has 12 heteroatoms. The lowest BCUT2D eigenvalue weighted by atomic mass is 10.2. The number of rotatable bonds is 8. The second kappa shape index (κ2) is 10.7. The van der Waals surface area contributed by atoms with E-state index in [4.69, 9.17) is 4.42 Å². The Kier molecular flexibility index (Phi) is 8.04. The fraction of sp³-hybridized carbons (Fsp3) is 0.474. The van der Waals surface area contributed by atoms with Gasteiger partial charge in [0.15, 0.2) is 0 Å². The summed E-state index contributed by atoms with van der Waals surface area (Å²) in [5.41, 5.74) is 0.473. The van der Waals surface area contributed by atoms with E-state index in [0.29, 0.717) is 25.2 Å². The molecule has 1 aliphatic rings. The van der Waals surface area contributed by atoms with Gasteiger partial charge in [-0.25, -0.2) is 13.2 Å². The number of carbonyl (C=O) groups excluding carboxylic acids is 2. The van der Waals surface area contributed by atoms with Crippen LogP contribution in [0.3, 0.4) is 0 Å². The van der Waals surface area contributed by atoms with Crippen LogP contribution in [0.25, 0.3) is 11.5 Å². The van der Waals surface area contributed by atoms with Crippen LogP contribution in [0.15, 0.2) is 38.8 Å². The van der Waals surface area contributed by atoms with Crippen molar-refractivity contribution >= 4 is 33.7 Å². The summed E-state index contributed by atoms with van der Waals surface area (Å²) >= 11 is 0.984. The molecule has 0 saturated carbocycles. The minimum Gasteiger partial charge on any atom is -0.411 e. The zero-order chi connectivity index (χ0) is 22.3. The van der Waals surface area contributed by atoms with Crippen LogP contribution >= 0.6 is 11.8 Å². The lowest BCUT2D eigenvalue weighted by Crippen LogP contribution is -2.40. The van der Waals surface area contributed by atoms with Crippen LogP contribution in [0.5, 0.6) is 0 Å². The minimum atomic E-state index is -3.58. The van der Waals surface area contributed by atoms with Crippen LogP contribution < -0.4 is 10.6 Å². The molecule has 3 rings (SSSR count). The van der Waals surface area contributed by atoms with E-state index in [2.05, 4.69) is 20.8 Å². The summed E-state index contributed by atoms with van der Waals surface area (Å²) in [7, 11) is -3.58. The van der Waals surface area contributed by atoms with Crippen LogP contribution in [0.1, 0.15) is 32.6 Å². The summed E-state index contributed by atoms with van der Waals surface area (Å²) in [6, 6.07) is 5.82. The molecule has 3 amide bonds. The molecule has 0 spiro atoms. The zero-order valence-corrected chi connectivity index (χ0v) is 18.8. The van der Waals surface area contributed by atoms with Gasteiger partial charge in [0, 0.05) is 25.2 Å². The summed E-state index contributed by atoms with van der Waals surface area (Å²) in [6.07, 6.45) is 3.52. The van der Waals surface area contributed by atoms with Gasteiger partial charge in [-0.05, 0) is 37.5 Å². The molecule has 1 aromatic carbocycles. The third-order valence-electron chi connectivity index (χ3n) is 4.56. The van der Waals surface area contributed by atoms with Gasteiger partial charge in [0.1, 0.15) is 0 Å². The first-order valence-corrected chi connectivity index (χ1v) is 12.5. The minimum absolute atomic E-state index is 0.0788. The maximum Gasteiger partial charge on any atom is 0.321 e. The number of hydrogen-bond donors (Lipinski definition) is 2. The van der Waals surface area contributed by atoms with Crippen molar-refractivity contribution in [2.45, 2.75) is 42.7 Å². The Bertz CT molecular complexity index is 1020. The first-order valence-electron chi connectivity index (χ1n) is 10.0. The number of hydrogen-bond acceptors (Lipinski definition) is 8. The Balaban J connectivity index is 1.63. The number of benzene rings is 1. The van der Waals surface area contributed by atoms with E-state index in [1.807, 2.05) is 6.92 Å². The van der Waals surface area contributed by atoms with Crippen molar-refractivity contribution in [1.82, 2.24) is 25.1 Å². The van der Waals surface area contributed by atoms with Crippen molar-refractivity contribution in [3.63, 3.8) is 0 Å². The molecule has 168 valence electrons. The number of aromatic nitrogens is 2. The lowest BCUT2D eigenvalue weighted by molar-refractivity contribution is -0.117. The molecule has 31 heavy (non-hydrogen) atoms. The maximum absolute atomic E-state index is 12.9. The molecule has 0 bridgehead atoms. The van der Waals surface area contributed by atoms with Gasteiger partial charge in [0.25, 0.3) is 5.22 Å². The molecule has 0 atom stereocenters. The summed E-state index contributed by atoms with van der Waals surface area (Å²) in [5, 5.41) is 12.7. The number of urea groups is 1. The largest absolute Gasteiger partial charge is 0.411 e. The highest BCUT2D eigenvalue weighted by Crippen LogP contribution is 2.27. The Labute approximate surface area is 185 Å². The van der Waals surface area contributed by atoms with E-state index >= 15 is 0 Å². The van der Waals surface area contributed by atoms with Crippen molar-refractivity contribution < 1.29 is 22.4 Å². The fourth-order valence-corrected chi connectivity index (χ4v) is 5.13. The number of amides is 3. The van der Waals surface area contributed by atoms with Crippen LogP contribution in [-0.4, -0.2) is 60.2 Å². The molecule has 1 saturated heterocycles. The normalized spacial score (nSPS) is 14.9. The van der Waals surface area contributed by atoms with Gasteiger partial charge < -0.3 is 9.73 Å². The van der Waals surface area contributed by atoms with E-state index < -0.39 is 22.0 Å². The number of imide groups is 1. The van der Waals surface area contributed by atoms with Gasteiger partial charge in [-0.15, -0.1) is 10.2 Å². The van der Waals surface area contributed by atoms with Crippen LogP contribution in [0.2, 0.25) is 0 Å². The van der Waals surface area contributed by atoms with Gasteiger partial charge in [0.2, 0.25) is 21.8 Å². The first kappa shape index (κ1) is 23.2. The summed E-state index contributed by atoms with van der Waals surface area (Å²) in [6.45, 7) is 3.43. The summed E-state index contributed by atoms with van der Waals surface area (Å²) < 4.78 is 32.8. The molecule has 1 aliphatic heterocycles. The number of piperidine rings is 1. The highest BCUT2D eigenvalue weighted by Gasteiger charge is 2.26. The maximum atomic E-state index is 12.9. The molecule has 0 radical (unpaired) electrons. The second-order valence-corrected chi connectivity index (χ2v) is 9.82. The van der Waals surface area contributed by atoms with E-state index in [-0.39, 0.29) is 21.8 Å². The van der Waals surface area contributed by atoms with Crippen molar-refractivity contribution in [2.24, 2.45) is 0 Å². The molecular weight excluding hydrogens is 442 g/mol.